The van der Waals surface area contributed by atoms with E-state index in [2.05, 4.69) is 19.9 Å². The molecule has 0 spiro atoms. The van der Waals surface area contributed by atoms with Gasteiger partial charge in [-0.25, -0.2) is 18.1 Å². The van der Waals surface area contributed by atoms with Gasteiger partial charge in [0.15, 0.2) is 0 Å². The van der Waals surface area contributed by atoms with E-state index in [0.29, 0.717) is 12.4 Å². The third kappa shape index (κ3) is 2.75. The second-order valence-electron chi connectivity index (χ2n) is 3.67. The quantitative estimate of drug-likeness (QED) is 0.735. The van der Waals surface area contributed by atoms with Crippen molar-refractivity contribution < 1.29 is 8.42 Å². The average molecular weight is 287 g/mol. The van der Waals surface area contributed by atoms with Gasteiger partial charge < -0.3 is 5.73 Å². The van der Waals surface area contributed by atoms with Crippen LogP contribution in [0.2, 0.25) is 0 Å². The molecule has 9 heteroatoms. The molecule has 7 nitrogen and oxygen atoms in total. The van der Waals surface area contributed by atoms with Crippen molar-refractivity contribution in [3.05, 3.63) is 28.5 Å². The number of hydrogen-bond donors (Lipinski definition) is 3. The molecule has 0 amide bonds. The van der Waals surface area contributed by atoms with Gasteiger partial charge in [-0.3, -0.25) is 5.10 Å². The van der Waals surface area contributed by atoms with Gasteiger partial charge in [0.2, 0.25) is 10.0 Å². The largest absolute Gasteiger partial charge is 0.326 e. The monoisotopic (exact) mass is 287 g/mol. The topological polar surface area (TPSA) is 114 Å². The lowest BCUT2D eigenvalue weighted by molar-refractivity contribution is 0.560. The zero-order valence-corrected chi connectivity index (χ0v) is 11.3. The Morgan fingerprint density at radius 2 is 2.39 bits per heavy atom. The summed E-state index contributed by atoms with van der Waals surface area (Å²) in [6, 6.07) is 1.10. The highest BCUT2D eigenvalue weighted by Gasteiger charge is 2.20. The molecule has 0 bridgehead atoms. The number of aromatic nitrogens is 3. The van der Waals surface area contributed by atoms with Crippen LogP contribution in [-0.4, -0.2) is 23.6 Å². The lowest BCUT2D eigenvalue weighted by Crippen LogP contribution is -2.27. The van der Waals surface area contributed by atoms with Crippen molar-refractivity contribution in [2.24, 2.45) is 5.73 Å². The summed E-state index contributed by atoms with van der Waals surface area (Å²) < 4.78 is 26.6. The molecule has 4 N–H and O–H groups in total. The summed E-state index contributed by atoms with van der Waals surface area (Å²) in [6.45, 7) is 2.02. The van der Waals surface area contributed by atoms with Crippen molar-refractivity contribution in [1.29, 1.82) is 0 Å². The number of nitrogens with two attached hydrogens (primary N) is 1. The van der Waals surface area contributed by atoms with E-state index in [1.165, 1.54) is 17.7 Å². The fraction of sp³-hybridized carbons (Fsp3) is 0.333. The Morgan fingerprint density at radius 1 is 1.61 bits per heavy atom. The number of nitrogens with zero attached hydrogens (tertiary/aromatic N) is 2. The van der Waals surface area contributed by atoms with Crippen molar-refractivity contribution in [2.75, 3.05) is 0 Å². The maximum atomic E-state index is 12.1. The Morgan fingerprint density at radius 3 is 2.94 bits per heavy atom. The summed E-state index contributed by atoms with van der Waals surface area (Å²) in [5.74, 6) is 0.466. The van der Waals surface area contributed by atoms with Crippen molar-refractivity contribution >= 4 is 21.4 Å². The summed E-state index contributed by atoms with van der Waals surface area (Å²) >= 11 is 1.32. The molecular formula is C9H13N5O2S2. The molecule has 1 atom stereocenters. The van der Waals surface area contributed by atoms with Crippen LogP contribution < -0.4 is 10.5 Å². The Bertz CT molecular complexity index is 605. The standard InChI is InChI=1S/C9H13N5O2S2/c1-6(9-11-5-12-13-9)14-18(15,16)8-2-7(3-10)17-4-8/h2,4-6,14H,3,10H2,1H3,(H,11,12,13). The number of aromatic amines is 1. The van der Waals surface area contributed by atoms with Crippen LogP contribution in [0.4, 0.5) is 0 Å². The van der Waals surface area contributed by atoms with Crippen molar-refractivity contribution in [3.63, 3.8) is 0 Å². The minimum Gasteiger partial charge on any atom is -0.326 e. The van der Waals surface area contributed by atoms with E-state index >= 15 is 0 Å². The third-order valence-electron chi connectivity index (χ3n) is 2.32. The number of H-pyrrole nitrogens is 1. The molecule has 0 aromatic carbocycles. The van der Waals surface area contributed by atoms with Crippen molar-refractivity contribution in [2.45, 2.75) is 24.4 Å². The van der Waals surface area contributed by atoms with Crippen LogP contribution >= 0.6 is 11.3 Å². The lowest BCUT2D eigenvalue weighted by Gasteiger charge is -2.10. The van der Waals surface area contributed by atoms with Gasteiger partial charge in [0.1, 0.15) is 12.2 Å². The van der Waals surface area contributed by atoms with Crippen LogP contribution in [0.5, 0.6) is 0 Å². The van der Waals surface area contributed by atoms with Crippen molar-refractivity contribution in [3.8, 4) is 0 Å². The summed E-state index contributed by atoms with van der Waals surface area (Å²) in [7, 11) is -3.56. The molecule has 18 heavy (non-hydrogen) atoms. The molecule has 0 aliphatic rings. The first-order valence-electron chi connectivity index (χ1n) is 5.18. The van der Waals surface area contributed by atoms with Gasteiger partial charge in [-0.05, 0) is 13.0 Å². The number of nitrogens with one attached hydrogen (secondary N) is 2. The van der Waals surface area contributed by atoms with E-state index in [-0.39, 0.29) is 4.90 Å². The van der Waals surface area contributed by atoms with Gasteiger partial charge >= 0.3 is 0 Å². The average Bonchev–Trinajstić information content (AvgIpc) is 3.00. The number of hydrogen-bond acceptors (Lipinski definition) is 6. The molecule has 1 unspecified atom stereocenters. The predicted molar refractivity (Wildman–Crippen MR) is 67.3 cm³/mol. The van der Waals surface area contributed by atoms with Gasteiger partial charge in [-0.1, -0.05) is 0 Å². The van der Waals surface area contributed by atoms with Crippen LogP contribution in [-0.2, 0) is 16.6 Å². The molecule has 0 saturated heterocycles. The molecule has 2 aromatic rings. The van der Waals surface area contributed by atoms with E-state index in [0.717, 1.165) is 4.88 Å². The smallest absolute Gasteiger partial charge is 0.242 e. The van der Waals surface area contributed by atoms with Gasteiger partial charge in [0.25, 0.3) is 0 Å². The van der Waals surface area contributed by atoms with Crippen LogP contribution in [0.25, 0.3) is 0 Å². The number of rotatable bonds is 5. The lowest BCUT2D eigenvalue weighted by atomic mass is 10.3. The summed E-state index contributed by atoms with van der Waals surface area (Å²) in [5, 5.41) is 7.87. The second-order valence-corrected chi connectivity index (χ2v) is 6.38. The normalized spacial score (nSPS) is 13.7. The highest BCUT2D eigenvalue weighted by Crippen LogP contribution is 2.20. The van der Waals surface area contributed by atoms with Crippen molar-refractivity contribution in [1.82, 2.24) is 19.9 Å². The number of thiophene rings is 1. The maximum Gasteiger partial charge on any atom is 0.242 e. The van der Waals surface area contributed by atoms with Gasteiger partial charge in [0, 0.05) is 16.8 Å². The molecule has 0 radical (unpaired) electrons. The molecule has 2 rings (SSSR count). The first-order valence-corrected chi connectivity index (χ1v) is 7.54. The first-order chi connectivity index (χ1) is 8.53. The fourth-order valence-electron chi connectivity index (χ4n) is 1.39. The van der Waals surface area contributed by atoms with Crippen LogP contribution in [0.3, 0.4) is 0 Å². The molecule has 0 fully saturated rings. The predicted octanol–water partition coefficient (Wildman–Crippen LogP) is 0.364. The molecule has 0 aliphatic heterocycles. The van der Waals surface area contributed by atoms with E-state index in [1.54, 1.807) is 18.4 Å². The molecule has 2 heterocycles. The van der Waals surface area contributed by atoms with Crippen LogP contribution in [0, 0.1) is 0 Å². The highest BCUT2D eigenvalue weighted by atomic mass is 32.2. The maximum absolute atomic E-state index is 12.1. The zero-order valence-electron chi connectivity index (χ0n) is 9.62. The Balaban J connectivity index is 2.17. The summed E-state index contributed by atoms with van der Waals surface area (Å²) in [5.41, 5.74) is 5.46. The molecule has 0 aliphatic carbocycles. The Kier molecular flexibility index (Phi) is 3.76. The van der Waals surface area contributed by atoms with E-state index < -0.39 is 16.1 Å². The zero-order chi connectivity index (χ0) is 13.2. The van der Waals surface area contributed by atoms with Crippen LogP contribution in [0.1, 0.15) is 23.7 Å². The van der Waals surface area contributed by atoms with E-state index in [4.69, 9.17) is 5.73 Å². The molecule has 0 saturated carbocycles. The van der Waals surface area contributed by atoms with Gasteiger partial charge in [-0.15, -0.1) is 11.3 Å². The Labute approximate surface area is 108 Å². The second kappa shape index (κ2) is 5.14. The fourth-order valence-corrected chi connectivity index (χ4v) is 3.75. The summed E-state index contributed by atoms with van der Waals surface area (Å²) in [4.78, 5) is 4.95. The highest BCUT2D eigenvalue weighted by molar-refractivity contribution is 7.89. The summed E-state index contributed by atoms with van der Waals surface area (Å²) in [6.07, 6.45) is 1.33. The minimum atomic E-state index is -3.56. The van der Waals surface area contributed by atoms with Crippen LogP contribution in [0.15, 0.2) is 22.7 Å². The molecule has 2 aromatic heterocycles. The molecule has 98 valence electrons. The van der Waals surface area contributed by atoms with Gasteiger partial charge in [-0.2, -0.15) is 5.10 Å². The van der Waals surface area contributed by atoms with E-state index in [1.807, 2.05) is 0 Å². The Hall–Kier alpha value is -1.29. The molecular weight excluding hydrogens is 274 g/mol. The SMILES string of the molecule is CC(NS(=O)(=O)c1csc(CN)c1)c1ncn[nH]1. The van der Waals surface area contributed by atoms with E-state index in [9.17, 15) is 8.42 Å². The minimum absolute atomic E-state index is 0.222. The third-order valence-corrected chi connectivity index (χ3v) is 4.95. The first kappa shape index (κ1) is 13.1. The number of sulfonamides is 1. The van der Waals surface area contributed by atoms with Gasteiger partial charge in [0.05, 0.1) is 10.9 Å².